The average molecular weight is 273 g/mol. The molecular weight excluding hydrogens is 246 g/mol. The molecule has 0 aromatic rings. The molecule has 0 aromatic heterocycles. The van der Waals surface area contributed by atoms with Crippen LogP contribution in [0.15, 0.2) is 4.99 Å². The van der Waals surface area contributed by atoms with Gasteiger partial charge in [-0.05, 0) is 19.3 Å². The number of rotatable bonds is 12. The van der Waals surface area contributed by atoms with Crippen LogP contribution in [-0.2, 0) is 13.6 Å². The Morgan fingerprint density at radius 1 is 1.11 bits per heavy atom. The van der Waals surface area contributed by atoms with Gasteiger partial charge >= 0.3 is 9.28 Å². The summed E-state index contributed by atoms with van der Waals surface area (Å²) in [5.41, 5.74) is 0.278. The Morgan fingerprint density at radius 3 is 2.06 bits per heavy atom. The highest BCUT2D eigenvalue weighted by Crippen LogP contribution is 2.18. The van der Waals surface area contributed by atoms with Gasteiger partial charge in [0, 0.05) is 18.8 Å². The lowest BCUT2D eigenvalue weighted by molar-refractivity contribution is 0.182. The summed E-state index contributed by atoms with van der Waals surface area (Å²) in [6.45, 7) is 8.41. The van der Waals surface area contributed by atoms with Crippen LogP contribution in [0.3, 0.4) is 0 Å². The Morgan fingerprint density at radius 2 is 1.67 bits per heavy atom. The molecule has 0 fully saturated rings. The van der Waals surface area contributed by atoms with E-state index in [4.69, 9.17) is 8.85 Å². The Hall–Kier alpha value is -0.483. The van der Waals surface area contributed by atoms with Crippen molar-refractivity contribution in [3.05, 3.63) is 0 Å². The maximum absolute atomic E-state index is 10.2. The zero-order valence-electron chi connectivity index (χ0n) is 12.0. The van der Waals surface area contributed by atoms with Crippen LogP contribution < -0.4 is 0 Å². The lowest BCUT2D eigenvalue weighted by Gasteiger charge is -2.23. The normalized spacial score (nSPS) is 12.4. The van der Waals surface area contributed by atoms with E-state index in [1.807, 2.05) is 0 Å². The van der Waals surface area contributed by atoms with Gasteiger partial charge in [0.25, 0.3) is 0 Å². The van der Waals surface area contributed by atoms with Crippen LogP contribution in [0.1, 0.15) is 52.9 Å². The quantitative estimate of drug-likeness (QED) is 0.238. The summed E-state index contributed by atoms with van der Waals surface area (Å²) in [5, 5.41) is 0. The van der Waals surface area contributed by atoms with E-state index in [0.717, 1.165) is 45.3 Å². The molecule has 0 aliphatic carbocycles. The van der Waals surface area contributed by atoms with E-state index in [0.29, 0.717) is 6.54 Å². The third-order valence-corrected chi connectivity index (χ3v) is 5.44. The minimum absolute atomic E-state index is 0.278. The molecule has 0 radical (unpaired) electrons. The van der Waals surface area contributed by atoms with Crippen molar-refractivity contribution in [2.75, 3.05) is 19.8 Å². The summed E-state index contributed by atoms with van der Waals surface area (Å²) in [7, 11) is -1.72. The Kier molecular flexibility index (Phi) is 12.6. The first-order valence-electron chi connectivity index (χ1n) is 7.06. The molecule has 4 nitrogen and oxygen atoms in total. The zero-order chi connectivity index (χ0) is 13.6. The van der Waals surface area contributed by atoms with Gasteiger partial charge in [0.2, 0.25) is 6.08 Å². The number of carbonyl (C=O) groups excluding carboxylic acids is 1. The summed E-state index contributed by atoms with van der Waals surface area (Å²) in [6, 6.07) is 0. The largest absolute Gasteiger partial charge is 0.396 e. The molecule has 0 saturated carbocycles. The summed E-state index contributed by atoms with van der Waals surface area (Å²) >= 11 is 0. The smallest absolute Gasteiger partial charge is 0.326 e. The molecule has 1 atom stereocenters. The van der Waals surface area contributed by atoms with Crippen LogP contribution >= 0.6 is 0 Å². The Labute approximate surface area is 113 Å². The molecule has 106 valence electrons. The van der Waals surface area contributed by atoms with Crippen molar-refractivity contribution < 1.29 is 13.6 Å². The zero-order valence-corrected chi connectivity index (χ0v) is 13.1. The van der Waals surface area contributed by atoms with Crippen molar-refractivity contribution in [3.63, 3.8) is 0 Å². The Balaban J connectivity index is 4.23. The fourth-order valence-corrected chi connectivity index (χ4v) is 3.67. The highest BCUT2D eigenvalue weighted by Gasteiger charge is 2.24. The fraction of sp³-hybridized carbons (Fsp3) is 0.923. The third-order valence-electron chi connectivity index (χ3n) is 2.86. The molecule has 18 heavy (non-hydrogen) atoms. The number of nitrogens with zero attached hydrogens (tertiary/aromatic N) is 1. The van der Waals surface area contributed by atoms with Crippen molar-refractivity contribution in [2.24, 2.45) is 4.99 Å². The molecule has 0 amide bonds. The summed E-state index contributed by atoms with van der Waals surface area (Å²) in [5.74, 6) is 0. The van der Waals surface area contributed by atoms with Crippen molar-refractivity contribution in [3.8, 4) is 0 Å². The second-order valence-electron chi connectivity index (χ2n) is 4.42. The minimum Gasteiger partial charge on any atom is -0.396 e. The van der Waals surface area contributed by atoms with Gasteiger partial charge in [-0.1, -0.05) is 33.6 Å². The first-order valence-corrected chi connectivity index (χ1v) is 8.67. The predicted octanol–water partition coefficient (Wildman–Crippen LogP) is 2.96. The molecule has 0 aliphatic rings. The van der Waals surface area contributed by atoms with Gasteiger partial charge in [-0.25, -0.2) is 9.79 Å². The van der Waals surface area contributed by atoms with Crippen molar-refractivity contribution >= 4 is 15.4 Å². The molecule has 0 saturated heterocycles. The molecule has 0 spiro atoms. The summed E-state index contributed by atoms with van der Waals surface area (Å²) in [4.78, 5) is 13.9. The van der Waals surface area contributed by atoms with E-state index >= 15 is 0 Å². The number of unbranched alkanes of at least 4 members (excludes halogenated alkanes) is 2. The first kappa shape index (κ1) is 17.5. The lowest BCUT2D eigenvalue weighted by atomic mass is 10.3. The summed E-state index contributed by atoms with van der Waals surface area (Å²) in [6.07, 6.45) is 6.93. The highest BCUT2D eigenvalue weighted by atomic mass is 28.3. The van der Waals surface area contributed by atoms with Gasteiger partial charge in [0.1, 0.15) is 0 Å². The topological polar surface area (TPSA) is 47.9 Å². The molecule has 0 N–H and O–H groups in total. The molecule has 0 aliphatic heterocycles. The van der Waals surface area contributed by atoms with Crippen molar-refractivity contribution in [2.45, 2.75) is 58.4 Å². The molecular formula is C13H27NO3Si. The van der Waals surface area contributed by atoms with Crippen LogP contribution in [0.25, 0.3) is 0 Å². The predicted molar refractivity (Wildman–Crippen MR) is 75.9 cm³/mol. The maximum Gasteiger partial charge on any atom is 0.326 e. The molecule has 5 heteroatoms. The van der Waals surface area contributed by atoms with Gasteiger partial charge in [-0.3, -0.25) is 0 Å². The Bertz CT molecular complexity index is 222. The molecule has 0 heterocycles. The number of isocyanates is 1. The molecule has 0 aromatic carbocycles. The van der Waals surface area contributed by atoms with Crippen molar-refractivity contribution in [1.29, 1.82) is 0 Å². The van der Waals surface area contributed by atoms with Gasteiger partial charge in [-0.2, -0.15) is 0 Å². The summed E-state index contributed by atoms with van der Waals surface area (Å²) < 4.78 is 11.8. The maximum atomic E-state index is 10.2. The van der Waals surface area contributed by atoms with Crippen LogP contribution in [0.2, 0.25) is 5.54 Å². The average Bonchev–Trinajstić information content (AvgIpc) is 2.39. The second-order valence-corrected chi connectivity index (χ2v) is 6.76. The monoisotopic (exact) mass is 273 g/mol. The van der Waals surface area contributed by atoms with E-state index in [2.05, 4.69) is 25.8 Å². The fourth-order valence-electron chi connectivity index (χ4n) is 1.57. The van der Waals surface area contributed by atoms with Gasteiger partial charge < -0.3 is 8.85 Å². The van der Waals surface area contributed by atoms with Crippen molar-refractivity contribution in [1.82, 2.24) is 0 Å². The lowest BCUT2D eigenvalue weighted by Crippen LogP contribution is -2.31. The van der Waals surface area contributed by atoms with E-state index in [9.17, 15) is 4.79 Å². The standard InChI is InChI=1S/C13H27NO3Si/c1-4-7-9-16-18(17-10-8-5-2)13(6-3)11-14-12-15/h13,18H,4-11H2,1-3H3. The number of hydrogen-bond acceptors (Lipinski definition) is 4. The van der Waals surface area contributed by atoms with E-state index < -0.39 is 9.28 Å². The van der Waals surface area contributed by atoms with E-state index in [1.54, 1.807) is 6.08 Å². The first-order chi connectivity index (χ1) is 8.79. The number of aliphatic imine (C=N–C) groups is 1. The minimum atomic E-state index is -1.72. The van der Waals surface area contributed by atoms with Gasteiger partial charge in [0.15, 0.2) is 0 Å². The molecule has 1 unspecified atom stereocenters. The van der Waals surface area contributed by atoms with Gasteiger partial charge in [0.05, 0.1) is 6.54 Å². The SMILES string of the molecule is CCCCO[SiH](OCCCC)C(CC)CN=C=O. The van der Waals surface area contributed by atoms with E-state index in [1.165, 1.54) is 0 Å². The second kappa shape index (κ2) is 13.0. The van der Waals surface area contributed by atoms with Gasteiger partial charge in [-0.15, -0.1) is 0 Å². The van der Waals surface area contributed by atoms with Crippen LogP contribution in [0, 0.1) is 0 Å². The molecule has 0 bridgehead atoms. The number of hydrogen-bond donors (Lipinski definition) is 0. The van der Waals surface area contributed by atoms with Crippen LogP contribution in [-0.4, -0.2) is 35.1 Å². The molecule has 0 rings (SSSR count). The third kappa shape index (κ3) is 8.58. The van der Waals surface area contributed by atoms with Crippen LogP contribution in [0.5, 0.6) is 0 Å². The van der Waals surface area contributed by atoms with Crippen LogP contribution in [0.4, 0.5) is 0 Å². The van der Waals surface area contributed by atoms with E-state index in [-0.39, 0.29) is 5.54 Å². The highest BCUT2D eigenvalue weighted by molar-refractivity contribution is 6.46.